The summed E-state index contributed by atoms with van der Waals surface area (Å²) in [6.45, 7) is 3.50. The van der Waals surface area contributed by atoms with Gasteiger partial charge in [0, 0.05) is 17.1 Å². The molecule has 6 heteroatoms. The Hall–Kier alpha value is -1.62. The lowest BCUT2D eigenvalue weighted by Gasteiger charge is -2.39. The SMILES string of the molecule is CCC1(C)NC(=O)CN(Cc2ccc(Cl)cc2F)C1=O. The summed E-state index contributed by atoms with van der Waals surface area (Å²) in [5.41, 5.74) is -0.575. The van der Waals surface area contributed by atoms with E-state index in [1.807, 2.05) is 6.92 Å². The van der Waals surface area contributed by atoms with Crippen molar-refractivity contribution < 1.29 is 14.0 Å². The summed E-state index contributed by atoms with van der Waals surface area (Å²) in [7, 11) is 0. The van der Waals surface area contributed by atoms with Crippen molar-refractivity contribution in [2.75, 3.05) is 6.54 Å². The summed E-state index contributed by atoms with van der Waals surface area (Å²) in [5.74, 6) is -0.910. The van der Waals surface area contributed by atoms with Crippen molar-refractivity contribution in [3.8, 4) is 0 Å². The van der Waals surface area contributed by atoms with Gasteiger partial charge >= 0.3 is 0 Å². The number of hydrogen-bond acceptors (Lipinski definition) is 2. The van der Waals surface area contributed by atoms with E-state index >= 15 is 0 Å². The number of nitrogens with zero attached hydrogens (tertiary/aromatic N) is 1. The monoisotopic (exact) mass is 298 g/mol. The summed E-state index contributed by atoms with van der Waals surface area (Å²) in [4.78, 5) is 25.4. The molecule has 0 saturated carbocycles. The molecule has 108 valence electrons. The van der Waals surface area contributed by atoms with E-state index in [4.69, 9.17) is 11.6 Å². The molecule has 1 atom stereocenters. The number of carbonyl (C=O) groups excluding carboxylic acids is 2. The van der Waals surface area contributed by atoms with Crippen LogP contribution >= 0.6 is 11.6 Å². The number of rotatable bonds is 3. The summed E-state index contributed by atoms with van der Waals surface area (Å²) in [6, 6.07) is 4.29. The first kappa shape index (κ1) is 14.8. The molecule has 20 heavy (non-hydrogen) atoms. The standard InChI is InChI=1S/C14H16ClFN2O2/c1-3-14(2)13(20)18(8-12(19)17-14)7-9-4-5-10(15)6-11(9)16/h4-6H,3,7-8H2,1-2H3,(H,17,19). The van der Waals surface area contributed by atoms with E-state index < -0.39 is 11.4 Å². The van der Waals surface area contributed by atoms with Crippen molar-refractivity contribution in [1.29, 1.82) is 0 Å². The Kier molecular flexibility index (Phi) is 3.99. The van der Waals surface area contributed by atoms with Crippen LogP contribution in [0.15, 0.2) is 18.2 Å². The van der Waals surface area contributed by atoms with Gasteiger partial charge in [-0.3, -0.25) is 9.59 Å². The molecule has 0 aromatic heterocycles. The molecule has 1 unspecified atom stereocenters. The van der Waals surface area contributed by atoms with E-state index in [1.165, 1.54) is 17.0 Å². The summed E-state index contributed by atoms with van der Waals surface area (Å²) in [6.07, 6.45) is 0.483. The lowest BCUT2D eigenvalue weighted by Crippen LogP contribution is -2.64. The van der Waals surface area contributed by atoms with Gasteiger partial charge in [-0.15, -0.1) is 0 Å². The number of carbonyl (C=O) groups is 2. The van der Waals surface area contributed by atoms with Crippen LogP contribution in [0.1, 0.15) is 25.8 Å². The fourth-order valence-corrected chi connectivity index (χ4v) is 2.38. The van der Waals surface area contributed by atoms with Crippen LogP contribution in [-0.4, -0.2) is 28.8 Å². The number of piperazine rings is 1. The molecule has 0 radical (unpaired) electrons. The molecule has 2 rings (SSSR count). The average Bonchev–Trinajstić information content (AvgIpc) is 2.38. The Bertz CT molecular complexity index is 564. The molecule has 2 amide bonds. The molecular formula is C14H16ClFN2O2. The highest BCUT2D eigenvalue weighted by Gasteiger charge is 2.41. The van der Waals surface area contributed by atoms with E-state index in [-0.39, 0.29) is 24.9 Å². The quantitative estimate of drug-likeness (QED) is 0.929. The number of benzene rings is 1. The molecule has 0 spiro atoms. The Morgan fingerprint density at radius 3 is 2.75 bits per heavy atom. The maximum absolute atomic E-state index is 13.8. The molecule has 0 aliphatic carbocycles. The van der Waals surface area contributed by atoms with Crippen molar-refractivity contribution >= 4 is 23.4 Å². The highest BCUT2D eigenvalue weighted by molar-refractivity contribution is 6.30. The third kappa shape index (κ3) is 2.77. The lowest BCUT2D eigenvalue weighted by atomic mass is 9.94. The first-order valence-electron chi connectivity index (χ1n) is 6.40. The van der Waals surface area contributed by atoms with Crippen molar-refractivity contribution in [2.24, 2.45) is 0 Å². The van der Waals surface area contributed by atoms with Gasteiger partial charge < -0.3 is 10.2 Å². The molecular weight excluding hydrogens is 283 g/mol. The van der Waals surface area contributed by atoms with Gasteiger partial charge in [0.1, 0.15) is 11.4 Å². The molecule has 1 aliphatic heterocycles. The summed E-state index contributed by atoms with van der Waals surface area (Å²) in [5, 5.41) is 2.99. The molecule has 1 saturated heterocycles. The normalized spacial score (nSPS) is 22.9. The first-order chi connectivity index (χ1) is 9.35. The minimum atomic E-state index is -0.918. The largest absolute Gasteiger partial charge is 0.340 e. The Labute approximate surface area is 121 Å². The van der Waals surface area contributed by atoms with Crippen molar-refractivity contribution in [1.82, 2.24) is 10.2 Å². The predicted octanol–water partition coefficient (Wildman–Crippen LogP) is 2.11. The van der Waals surface area contributed by atoms with Crippen molar-refractivity contribution in [3.63, 3.8) is 0 Å². The molecule has 1 N–H and O–H groups in total. The number of nitrogens with one attached hydrogen (secondary N) is 1. The Morgan fingerprint density at radius 2 is 2.15 bits per heavy atom. The van der Waals surface area contributed by atoms with Crippen LogP contribution in [0.2, 0.25) is 5.02 Å². The van der Waals surface area contributed by atoms with E-state index in [9.17, 15) is 14.0 Å². The van der Waals surface area contributed by atoms with Crippen LogP contribution in [0.5, 0.6) is 0 Å². The van der Waals surface area contributed by atoms with Gasteiger partial charge in [-0.2, -0.15) is 0 Å². The van der Waals surface area contributed by atoms with Gasteiger partial charge in [0.2, 0.25) is 11.8 Å². The van der Waals surface area contributed by atoms with Crippen LogP contribution in [0.25, 0.3) is 0 Å². The fourth-order valence-electron chi connectivity index (χ4n) is 2.22. The van der Waals surface area contributed by atoms with Gasteiger partial charge in [0.05, 0.1) is 6.54 Å². The van der Waals surface area contributed by atoms with Gasteiger partial charge in [0.25, 0.3) is 0 Å². The van der Waals surface area contributed by atoms with Crippen LogP contribution in [0.4, 0.5) is 4.39 Å². The minimum Gasteiger partial charge on any atom is -0.340 e. The first-order valence-corrected chi connectivity index (χ1v) is 6.78. The third-order valence-corrected chi connectivity index (χ3v) is 3.83. The van der Waals surface area contributed by atoms with Gasteiger partial charge in [-0.05, 0) is 25.5 Å². The highest BCUT2D eigenvalue weighted by atomic mass is 35.5. The number of amides is 2. The molecule has 1 aromatic carbocycles. The van der Waals surface area contributed by atoms with E-state index in [0.717, 1.165) is 0 Å². The number of hydrogen-bond donors (Lipinski definition) is 1. The van der Waals surface area contributed by atoms with Gasteiger partial charge in [-0.25, -0.2) is 4.39 Å². The minimum absolute atomic E-state index is 0.0590. The molecule has 1 aliphatic rings. The predicted molar refractivity (Wildman–Crippen MR) is 73.7 cm³/mol. The third-order valence-electron chi connectivity index (χ3n) is 3.59. The Morgan fingerprint density at radius 1 is 1.45 bits per heavy atom. The zero-order chi connectivity index (χ0) is 14.9. The maximum Gasteiger partial charge on any atom is 0.248 e. The van der Waals surface area contributed by atoms with Gasteiger partial charge in [0.15, 0.2) is 0 Å². The lowest BCUT2D eigenvalue weighted by molar-refractivity contribution is -0.149. The molecule has 4 nitrogen and oxygen atoms in total. The maximum atomic E-state index is 13.8. The van der Waals surface area contributed by atoms with Crippen LogP contribution in [0, 0.1) is 5.82 Å². The van der Waals surface area contributed by atoms with E-state index in [1.54, 1.807) is 13.0 Å². The van der Waals surface area contributed by atoms with Crippen LogP contribution < -0.4 is 5.32 Å². The average molecular weight is 299 g/mol. The molecule has 0 bridgehead atoms. The zero-order valence-electron chi connectivity index (χ0n) is 11.4. The van der Waals surface area contributed by atoms with Crippen LogP contribution in [0.3, 0.4) is 0 Å². The topological polar surface area (TPSA) is 49.4 Å². The molecule has 1 heterocycles. The van der Waals surface area contributed by atoms with E-state index in [0.29, 0.717) is 17.0 Å². The van der Waals surface area contributed by atoms with Crippen LogP contribution in [-0.2, 0) is 16.1 Å². The Balaban J connectivity index is 2.23. The summed E-state index contributed by atoms with van der Waals surface area (Å²) >= 11 is 5.69. The number of halogens is 2. The summed E-state index contributed by atoms with van der Waals surface area (Å²) < 4.78 is 13.8. The second kappa shape index (κ2) is 5.40. The molecule has 1 aromatic rings. The fraction of sp³-hybridized carbons (Fsp3) is 0.429. The second-order valence-electron chi connectivity index (χ2n) is 5.13. The van der Waals surface area contributed by atoms with Crippen molar-refractivity contribution in [2.45, 2.75) is 32.4 Å². The second-order valence-corrected chi connectivity index (χ2v) is 5.57. The van der Waals surface area contributed by atoms with Crippen molar-refractivity contribution in [3.05, 3.63) is 34.6 Å². The zero-order valence-corrected chi connectivity index (χ0v) is 12.1. The molecule has 1 fully saturated rings. The van der Waals surface area contributed by atoms with E-state index in [2.05, 4.69) is 5.32 Å². The smallest absolute Gasteiger partial charge is 0.248 e. The van der Waals surface area contributed by atoms with Gasteiger partial charge in [-0.1, -0.05) is 24.6 Å². The highest BCUT2D eigenvalue weighted by Crippen LogP contribution is 2.22.